The number of hydrazine groups is 1. The number of benzene rings is 1. The molecule has 0 bridgehead atoms. The van der Waals surface area contributed by atoms with Crippen LogP contribution in [-0.2, 0) is 0 Å². The van der Waals surface area contributed by atoms with E-state index in [0.29, 0.717) is 0 Å². The number of pyridine rings is 1. The van der Waals surface area contributed by atoms with Gasteiger partial charge in [-0.25, -0.2) is 0 Å². The standard InChI is InChI=1S/C16H23N3/c1-2-3-4-5-10-16(19-17)15-12-18-11-13-8-6-7-9-14(13)15/h6-9,11-12,16,19H,2-5,10,17H2,1H3. The molecule has 0 spiro atoms. The summed E-state index contributed by atoms with van der Waals surface area (Å²) in [5.74, 6) is 5.73. The summed E-state index contributed by atoms with van der Waals surface area (Å²) in [6.07, 6.45) is 9.93. The zero-order valence-corrected chi connectivity index (χ0v) is 11.6. The van der Waals surface area contributed by atoms with E-state index >= 15 is 0 Å². The Balaban J connectivity index is 2.16. The van der Waals surface area contributed by atoms with Gasteiger partial charge in [0.25, 0.3) is 0 Å². The molecule has 0 amide bonds. The summed E-state index contributed by atoms with van der Waals surface area (Å²) in [5.41, 5.74) is 4.15. The highest BCUT2D eigenvalue weighted by Crippen LogP contribution is 2.26. The highest BCUT2D eigenvalue weighted by Gasteiger charge is 2.12. The fourth-order valence-corrected chi connectivity index (χ4v) is 2.52. The maximum Gasteiger partial charge on any atom is 0.0481 e. The van der Waals surface area contributed by atoms with Gasteiger partial charge < -0.3 is 0 Å². The third-order valence-corrected chi connectivity index (χ3v) is 3.62. The number of rotatable bonds is 7. The Morgan fingerprint density at radius 1 is 1.16 bits per heavy atom. The quantitative estimate of drug-likeness (QED) is 0.451. The zero-order valence-electron chi connectivity index (χ0n) is 11.6. The summed E-state index contributed by atoms with van der Waals surface area (Å²) in [6, 6.07) is 8.53. The van der Waals surface area contributed by atoms with E-state index in [9.17, 15) is 0 Å². The monoisotopic (exact) mass is 257 g/mol. The first-order chi connectivity index (χ1) is 9.36. The first-order valence-electron chi connectivity index (χ1n) is 7.15. The lowest BCUT2D eigenvalue weighted by Gasteiger charge is -2.17. The second-order valence-corrected chi connectivity index (χ2v) is 5.02. The number of nitrogens with zero attached hydrogens (tertiary/aromatic N) is 1. The lowest BCUT2D eigenvalue weighted by Crippen LogP contribution is -2.28. The van der Waals surface area contributed by atoms with Crippen LogP contribution >= 0.6 is 0 Å². The van der Waals surface area contributed by atoms with Gasteiger partial charge >= 0.3 is 0 Å². The van der Waals surface area contributed by atoms with Gasteiger partial charge in [0.05, 0.1) is 0 Å². The molecule has 0 saturated heterocycles. The summed E-state index contributed by atoms with van der Waals surface area (Å²) in [6.45, 7) is 2.23. The van der Waals surface area contributed by atoms with Crippen LogP contribution in [0.3, 0.4) is 0 Å². The largest absolute Gasteiger partial charge is 0.271 e. The Kier molecular flexibility index (Phi) is 5.31. The first kappa shape index (κ1) is 14.0. The molecule has 1 heterocycles. The molecule has 3 nitrogen and oxygen atoms in total. The normalized spacial score (nSPS) is 12.7. The molecule has 0 aliphatic heterocycles. The Morgan fingerprint density at radius 3 is 2.79 bits per heavy atom. The van der Waals surface area contributed by atoms with E-state index in [1.807, 2.05) is 18.5 Å². The van der Waals surface area contributed by atoms with Gasteiger partial charge in [0.1, 0.15) is 0 Å². The minimum atomic E-state index is 0.190. The van der Waals surface area contributed by atoms with Gasteiger partial charge in [0, 0.05) is 23.8 Å². The average Bonchev–Trinajstić information content (AvgIpc) is 2.47. The van der Waals surface area contributed by atoms with Gasteiger partial charge in [-0.2, -0.15) is 0 Å². The Labute approximate surface area is 115 Å². The van der Waals surface area contributed by atoms with Crippen LogP contribution < -0.4 is 11.3 Å². The minimum absolute atomic E-state index is 0.190. The van der Waals surface area contributed by atoms with E-state index in [4.69, 9.17) is 5.84 Å². The van der Waals surface area contributed by atoms with Gasteiger partial charge in [0.2, 0.25) is 0 Å². The van der Waals surface area contributed by atoms with Crippen LogP contribution in [0.15, 0.2) is 36.7 Å². The zero-order chi connectivity index (χ0) is 13.5. The number of nitrogens with one attached hydrogen (secondary N) is 1. The molecule has 2 aromatic rings. The number of unbranched alkanes of at least 4 members (excludes halogenated alkanes) is 3. The lowest BCUT2D eigenvalue weighted by molar-refractivity contribution is 0.483. The van der Waals surface area contributed by atoms with E-state index < -0.39 is 0 Å². The van der Waals surface area contributed by atoms with Crippen LogP contribution in [0.25, 0.3) is 10.8 Å². The van der Waals surface area contributed by atoms with Crippen molar-refractivity contribution in [3.8, 4) is 0 Å². The number of fused-ring (bicyclic) bond motifs is 1. The van der Waals surface area contributed by atoms with Crippen LogP contribution in [0.2, 0.25) is 0 Å². The highest BCUT2D eigenvalue weighted by atomic mass is 15.2. The molecule has 0 fully saturated rings. The summed E-state index contributed by atoms with van der Waals surface area (Å²) in [7, 11) is 0. The van der Waals surface area contributed by atoms with Crippen LogP contribution in [0.4, 0.5) is 0 Å². The van der Waals surface area contributed by atoms with E-state index in [2.05, 4.69) is 35.5 Å². The molecule has 19 heavy (non-hydrogen) atoms. The van der Waals surface area contributed by atoms with Crippen molar-refractivity contribution in [2.75, 3.05) is 0 Å². The Morgan fingerprint density at radius 2 is 2.00 bits per heavy atom. The predicted molar refractivity (Wildman–Crippen MR) is 80.6 cm³/mol. The average molecular weight is 257 g/mol. The van der Waals surface area contributed by atoms with Crippen LogP contribution in [-0.4, -0.2) is 4.98 Å². The molecule has 1 unspecified atom stereocenters. The molecule has 0 aliphatic rings. The van der Waals surface area contributed by atoms with Crippen molar-refractivity contribution in [2.24, 2.45) is 5.84 Å². The van der Waals surface area contributed by atoms with Crippen molar-refractivity contribution < 1.29 is 0 Å². The second kappa shape index (κ2) is 7.22. The fraction of sp³-hybridized carbons (Fsp3) is 0.438. The summed E-state index contributed by atoms with van der Waals surface area (Å²) < 4.78 is 0. The molecule has 0 saturated carbocycles. The smallest absolute Gasteiger partial charge is 0.0481 e. The molecule has 102 valence electrons. The Bertz CT molecular complexity index is 505. The maximum atomic E-state index is 5.73. The summed E-state index contributed by atoms with van der Waals surface area (Å²) in [5, 5.41) is 2.42. The molecular weight excluding hydrogens is 234 g/mol. The number of nitrogens with two attached hydrogens (primary N) is 1. The van der Waals surface area contributed by atoms with Gasteiger partial charge in [-0.1, -0.05) is 56.9 Å². The number of aromatic nitrogens is 1. The molecule has 1 aromatic heterocycles. The van der Waals surface area contributed by atoms with E-state index in [1.165, 1.54) is 42.0 Å². The predicted octanol–water partition coefficient (Wildman–Crippen LogP) is 3.71. The maximum absolute atomic E-state index is 5.73. The van der Waals surface area contributed by atoms with Crippen molar-refractivity contribution >= 4 is 10.8 Å². The third kappa shape index (κ3) is 3.52. The first-order valence-corrected chi connectivity index (χ1v) is 7.15. The van der Waals surface area contributed by atoms with Crippen LogP contribution in [0.1, 0.15) is 50.6 Å². The van der Waals surface area contributed by atoms with Gasteiger partial charge in [-0.05, 0) is 17.4 Å². The molecule has 3 N–H and O–H groups in total. The van der Waals surface area contributed by atoms with Crippen molar-refractivity contribution in [1.82, 2.24) is 10.4 Å². The number of hydrogen-bond donors (Lipinski definition) is 2. The van der Waals surface area contributed by atoms with Crippen molar-refractivity contribution in [3.05, 3.63) is 42.2 Å². The molecule has 2 rings (SSSR count). The van der Waals surface area contributed by atoms with Crippen molar-refractivity contribution in [2.45, 2.75) is 45.1 Å². The molecule has 3 heteroatoms. The molecule has 0 radical (unpaired) electrons. The fourth-order valence-electron chi connectivity index (χ4n) is 2.52. The number of hydrogen-bond acceptors (Lipinski definition) is 3. The summed E-state index contributed by atoms with van der Waals surface area (Å²) >= 11 is 0. The van der Waals surface area contributed by atoms with Crippen molar-refractivity contribution in [1.29, 1.82) is 0 Å². The van der Waals surface area contributed by atoms with Gasteiger partial charge in [-0.15, -0.1) is 0 Å². The van der Waals surface area contributed by atoms with E-state index in [0.717, 1.165) is 6.42 Å². The van der Waals surface area contributed by atoms with Gasteiger partial charge in [0.15, 0.2) is 0 Å². The van der Waals surface area contributed by atoms with Crippen molar-refractivity contribution in [3.63, 3.8) is 0 Å². The molecular formula is C16H23N3. The van der Waals surface area contributed by atoms with Crippen LogP contribution in [0, 0.1) is 0 Å². The van der Waals surface area contributed by atoms with Gasteiger partial charge in [-0.3, -0.25) is 16.3 Å². The third-order valence-electron chi connectivity index (χ3n) is 3.62. The summed E-state index contributed by atoms with van der Waals surface area (Å²) in [4.78, 5) is 4.33. The Hall–Kier alpha value is -1.45. The SMILES string of the molecule is CCCCCCC(NN)c1cncc2ccccc12. The lowest BCUT2D eigenvalue weighted by atomic mass is 9.97. The van der Waals surface area contributed by atoms with E-state index in [-0.39, 0.29) is 6.04 Å². The van der Waals surface area contributed by atoms with E-state index in [1.54, 1.807) is 0 Å². The molecule has 0 aliphatic carbocycles. The second-order valence-electron chi connectivity index (χ2n) is 5.02. The van der Waals surface area contributed by atoms with Crippen LogP contribution in [0.5, 0.6) is 0 Å². The molecule has 1 atom stereocenters. The highest BCUT2D eigenvalue weighted by molar-refractivity contribution is 5.85. The molecule has 1 aromatic carbocycles. The topological polar surface area (TPSA) is 50.9 Å². The minimum Gasteiger partial charge on any atom is -0.271 e.